The third kappa shape index (κ3) is 1.72. The molecule has 0 saturated heterocycles. The first-order chi connectivity index (χ1) is 6.86. The molecule has 15 heavy (non-hydrogen) atoms. The fourth-order valence-corrected chi connectivity index (χ4v) is 1.71. The average molecular weight is 233 g/mol. The van der Waals surface area contributed by atoms with Gasteiger partial charge in [0.05, 0.1) is 4.92 Å². The van der Waals surface area contributed by atoms with Crippen molar-refractivity contribution in [3.05, 3.63) is 19.9 Å². The summed E-state index contributed by atoms with van der Waals surface area (Å²) in [7, 11) is 0. The van der Waals surface area contributed by atoms with Crippen LogP contribution in [0, 0.1) is 10.1 Å². The van der Waals surface area contributed by atoms with E-state index in [2.05, 4.69) is 0 Å². The van der Waals surface area contributed by atoms with Gasteiger partial charge in [0.2, 0.25) is 5.75 Å². The molecular weight excluding hydrogens is 230 g/mol. The Balaban J connectivity index is 3.53. The van der Waals surface area contributed by atoms with Crippen LogP contribution in [0.25, 0.3) is 0 Å². The molecule has 0 aliphatic heterocycles. The Kier molecular flexibility index (Phi) is 2.57. The number of nitro groups is 1. The summed E-state index contributed by atoms with van der Waals surface area (Å²) in [6.07, 6.45) is 0. The maximum absolute atomic E-state index is 10.5. The van der Waals surface area contributed by atoms with Crippen LogP contribution in [-0.2, 0) is 0 Å². The zero-order chi connectivity index (χ0) is 11.7. The maximum Gasteiger partial charge on any atom is 0.353 e. The average Bonchev–Trinajstić information content (AvgIpc) is 2.42. The van der Waals surface area contributed by atoms with Crippen LogP contribution < -0.4 is 0 Å². The number of nitrogens with zero attached hydrogens (tertiary/aromatic N) is 1. The van der Waals surface area contributed by atoms with E-state index < -0.39 is 38.1 Å². The summed E-state index contributed by atoms with van der Waals surface area (Å²) in [5.41, 5.74) is -1.09. The lowest BCUT2D eigenvalue weighted by molar-refractivity contribution is -0.385. The molecule has 9 heteroatoms. The molecule has 80 valence electrons. The fourth-order valence-electron chi connectivity index (χ4n) is 0.873. The molecule has 0 bridgehead atoms. The predicted molar refractivity (Wildman–Crippen MR) is 46.6 cm³/mol. The minimum absolute atomic E-state index is 0.140. The molecule has 3 N–H and O–H groups in total. The van der Waals surface area contributed by atoms with Crippen molar-refractivity contribution in [3.8, 4) is 5.75 Å². The minimum Gasteiger partial charge on any atom is -0.501 e. The Morgan fingerprint density at radius 3 is 1.93 bits per heavy atom. The Morgan fingerprint density at radius 2 is 1.67 bits per heavy atom. The summed E-state index contributed by atoms with van der Waals surface area (Å²) >= 11 is 0.140. The Labute approximate surface area is 85.2 Å². The number of carboxylic acid groups (broad SMARTS) is 2. The first-order valence-corrected chi connectivity index (χ1v) is 4.14. The van der Waals surface area contributed by atoms with Crippen LogP contribution >= 0.6 is 11.3 Å². The van der Waals surface area contributed by atoms with E-state index in [0.717, 1.165) is 0 Å². The molecule has 0 radical (unpaired) electrons. The highest BCUT2D eigenvalue weighted by Crippen LogP contribution is 2.40. The van der Waals surface area contributed by atoms with Crippen molar-refractivity contribution in [1.82, 2.24) is 0 Å². The molecular formula is C6H3NO7S. The standard InChI is InChI=1S/C6H3NO7S/c8-2-1(7(13)14)3(5(9)10)15-4(2)6(11)12/h8H,(H,9,10)(H,11,12). The van der Waals surface area contributed by atoms with Crippen molar-refractivity contribution in [1.29, 1.82) is 0 Å². The lowest BCUT2D eigenvalue weighted by atomic mass is 10.3. The van der Waals surface area contributed by atoms with Crippen LogP contribution in [-0.4, -0.2) is 32.2 Å². The second-order valence-corrected chi connectivity index (χ2v) is 3.35. The number of thiophene rings is 1. The van der Waals surface area contributed by atoms with Gasteiger partial charge in [-0.25, -0.2) is 9.59 Å². The largest absolute Gasteiger partial charge is 0.501 e. The summed E-state index contributed by atoms with van der Waals surface area (Å²) in [5, 5.41) is 36.5. The number of carboxylic acids is 2. The van der Waals surface area contributed by atoms with Gasteiger partial charge in [-0.1, -0.05) is 0 Å². The van der Waals surface area contributed by atoms with Crippen molar-refractivity contribution < 1.29 is 29.8 Å². The van der Waals surface area contributed by atoms with E-state index in [0.29, 0.717) is 0 Å². The summed E-state index contributed by atoms with van der Waals surface area (Å²) in [4.78, 5) is 28.7. The molecule has 8 nitrogen and oxygen atoms in total. The van der Waals surface area contributed by atoms with Crippen LogP contribution in [0.2, 0.25) is 0 Å². The molecule has 0 spiro atoms. The quantitative estimate of drug-likeness (QED) is 0.517. The summed E-state index contributed by atoms with van der Waals surface area (Å²) in [6.45, 7) is 0. The zero-order valence-electron chi connectivity index (χ0n) is 6.83. The van der Waals surface area contributed by atoms with Gasteiger partial charge in [-0.15, -0.1) is 11.3 Å². The third-order valence-electron chi connectivity index (χ3n) is 1.43. The van der Waals surface area contributed by atoms with Gasteiger partial charge >= 0.3 is 17.6 Å². The van der Waals surface area contributed by atoms with Gasteiger partial charge in [0.1, 0.15) is 0 Å². The van der Waals surface area contributed by atoms with Gasteiger partial charge in [0.15, 0.2) is 9.75 Å². The number of hydrogen-bond donors (Lipinski definition) is 3. The van der Waals surface area contributed by atoms with Crippen molar-refractivity contribution in [3.63, 3.8) is 0 Å². The normalized spacial score (nSPS) is 9.87. The molecule has 1 aromatic heterocycles. The van der Waals surface area contributed by atoms with E-state index in [1.807, 2.05) is 0 Å². The van der Waals surface area contributed by atoms with Crippen molar-refractivity contribution >= 4 is 29.0 Å². The van der Waals surface area contributed by atoms with Gasteiger partial charge in [-0.2, -0.15) is 0 Å². The topological polar surface area (TPSA) is 138 Å². The van der Waals surface area contributed by atoms with Crippen LogP contribution in [0.15, 0.2) is 0 Å². The third-order valence-corrected chi connectivity index (χ3v) is 2.57. The fraction of sp³-hybridized carbons (Fsp3) is 0. The van der Waals surface area contributed by atoms with E-state index in [9.17, 15) is 19.7 Å². The second kappa shape index (κ2) is 3.53. The summed E-state index contributed by atoms with van der Waals surface area (Å²) in [6, 6.07) is 0. The van der Waals surface area contributed by atoms with Crippen LogP contribution in [0.5, 0.6) is 5.75 Å². The minimum atomic E-state index is -1.66. The molecule has 1 aromatic rings. The number of aromatic hydroxyl groups is 1. The van der Waals surface area contributed by atoms with Gasteiger partial charge < -0.3 is 15.3 Å². The van der Waals surface area contributed by atoms with Gasteiger partial charge in [0, 0.05) is 0 Å². The zero-order valence-corrected chi connectivity index (χ0v) is 7.65. The van der Waals surface area contributed by atoms with Crippen molar-refractivity contribution in [2.75, 3.05) is 0 Å². The lowest BCUT2D eigenvalue weighted by Crippen LogP contribution is -1.97. The number of aromatic carboxylic acids is 2. The highest BCUT2D eigenvalue weighted by atomic mass is 32.1. The van der Waals surface area contributed by atoms with Gasteiger partial charge in [-0.05, 0) is 0 Å². The van der Waals surface area contributed by atoms with E-state index >= 15 is 0 Å². The molecule has 1 heterocycles. The van der Waals surface area contributed by atoms with Crippen molar-refractivity contribution in [2.45, 2.75) is 0 Å². The lowest BCUT2D eigenvalue weighted by Gasteiger charge is -1.90. The molecule has 0 amide bonds. The van der Waals surface area contributed by atoms with E-state index in [4.69, 9.17) is 15.3 Å². The highest BCUT2D eigenvalue weighted by Gasteiger charge is 2.34. The Morgan fingerprint density at radius 1 is 1.20 bits per heavy atom. The monoisotopic (exact) mass is 233 g/mol. The first-order valence-electron chi connectivity index (χ1n) is 3.33. The molecule has 0 aliphatic carbocycles. The van der Waals surface area contributed by atoms with E-state index in [-0.39, 0.29) is 11.3 Å². The van der Waals surface area contributed by atoms with Crippen LogP contribution in [0.4, 0.5) is 5.69 Å². The molecule has 0 fully saturated rings. The van der Waals surface area contributed by atoms with E-state index in [1.165, 1.54) is 0 Å². The summed E-state index contributed by atoms with van der Waals surface area (Å²) in [5.74, 6) is -4.41. The number of rotatable bonds is 3. The maximum atomic E-state index is 10.5. The Hall–Kier alpha value is -2.16. The molecule has 0 unspecified atom stereocenters. The molecule has 0 atom stereocenters. The van der Waals surface area contributed by atoms with E-state index in [1.54, 1.807) is 0 Å². The number of carbonyl (C=O) groups is 2. The molecule has 0 saturated carbocycles. The highest BCUT2D eigenvalue weighted by molar-refractivity contribution is 7.16. The SMILES string of the molecule is O=C(O)c1sc(C(=O)O)c([N+](=O)[O-])c1O. The van der Waals surface area contributed by atoms with Gasteiger partial charge in [-0.3, -0.25) is 10.1 Å². The predicted octanol–water partition coefficient (Wildman–Crippen LogP) is 0.758. The second-order valence-electron chi connectivity index (χ2n) is 2.32. The van der Waals surface area contributed by atoms with Crippen LogP contribution in [0.3, 0.4) is 0 Å². The smallest absolute Gasteiger partial charge is 0.353 e. The first kappa shape index (κ1) is 10.9. The summed E-state index contributed by atoms with van der Waals surface area (Å²) < 4.78 is 0. The Bertz CT molecular complexity index is 462. The van der Waals surface area contributed by atoms with Crippen LogP contribution in [0.1, 0.15) is 19.3 Å². The van der Waals surface area contributed by atoms with Crippen molar-refractivity contribution in [2.24, 2.45) is 0 Å². The molecule has 0 aliphatic rings. The molecule has 1 rings (SSSR count). The molecule has 0 aromatic carbocycles. The number of hydrogen-bond acceptors (Lipinski definition) is 6. The van der Waals surface area contributed by atoms with Gasteiger partial charge in [0.25, 0.3) is 0 Å².